The van der Waals surface area contributed by atoms with Gasteiger partial charge in [-0.05, 0) is 90.0 Å². The van der Waals surface area contributed by atoms with Crippen molar-refractivity contribution in [2.24, 2.45) is 0 Å². The van der Waals surface area contributed by atoms with Gasteiger partial charge in [0.25, 0.3) is 0 Å². The first-order valence-electron chi connectivity index (χ1n) is 15.5. The van der Waals surface area contributed by atoms with E-state index in [-0.39, 0.29) is 0 Å². The minimum Gasteiger partial charge on any atom is -0.310 e. The maximum Gasteiger partial charge on any atom is 0.0555 e. The van der Waals surface area contributed by atoms with Crippen LogP contribution >= 0.6 is 22.7 Å². The van der Waals surface area contributed by atoms with Crippen molar-refractivity contribution in [1.29, 1.82) is 0 Å². The number of benzene rings is 7. The van der Waals surface area contributed by atoms with Crippen molar-refractivity contribution in [1.82, 2.24) is 0 Å². The lowest BCUT2D eigenvalue weighted by molar-refractivity contribution is 1.27. The van der Waals surface area contributed by atoms with Crippen LogP contribution in [0.4, 0.5) is 34.1 Å². The second-order valence-electron chi connectivity index (χ2n) is 11.8. The molecule has 0 radical (unpaired) electrons. The molecule has 0 fully saturated rings. The third-order valence-electron chi connectivity index (χ3n) is 9.16. The van der Waals surface area contributed by atoms with E-state index in [2.05, 4.69) is 168 Å². The predicted octanol–water partition coefficient (Wildman–Crippen LogP) is 13.3. The molecule has 7 aromatic carbocycles. The van der Waals surface area contributed by atoms with Crippen LogP contribution in [0.25, 0.3) is 51.5 Å². The molecule has 3 heterocycles. The zero-order valence-corrected chi connectivity index (χ0v) is 26.4. The Morgan fingerprint density at radius 1 is 0.348 bits per heavy atom. The van der Waals surface area contributed by atoms with Gasteiger partial charge < -0.3 is 9.80 Å². The van der Waals surface area contributed by atoms with E-state index in [4.69, 9.17) is 0 Å². The fraction of sp³-hybridized carbons (Fsp3) is 0. The van der Waals surface area contributed by atoms with Crippen molar-refractivity contribution < 1.29 is 0 Å². The van der Waals surface area contributed by atoms with E-state index >= 15 is 0 Å². The molecule has 0 saturated carbocycles. The molecule has 216 valence electrons. The van der Waals surface area contributed by atoms with Gasteiger partial charge in [0.05, 0.1) is 11.4 Å². The molecule has 46 heavy (non-hydrogen) atoms. The molecule has 4 heteroatoms. The Hall–Kier alpha value is -5.42. The first kappa shape index (κ1) is 25.9. The monoisotopic (exact) mass is 622 g/mol. The summed E-state index contributed by atoms with van der Waals surface area (Å²) >= 11 is 3.74. The highest BCUT2D eigenvalue weighted by atomic mass is 32.1. The summed E-state index contributed by atoms with van der Waals surface area (Å²) in [5, 5.41) is 5.25. The lowest BCUT2D eigenvalue weighted by Crippen LogP contribution is -2.11. The molecule has 0 unspecified atom stereocenters. The molecule has 2 nitrogen and oxygen atoms in total. The maximum absolute atomic E-state index is 2.44. The number of hydrogen-bond acceptors (Lipinski definition) is 4. The highest BCUT2D eigenvalue weighted by Gasteiger charge is 2.25. The molecule has 0 saturated heterocycles. The zero-order chi connectivity index (χ0) is 30.2. The lowest BCUT2D eigenvalue weighted by Gasteiger charge is -2.28. The number of hydrogen-bond donors (Lipinski definition) is 0. The van der Waals surface area contributed by atoms with Gasteiger partial charge in [-0.15, -0.1) is 22.7 Å². The molecule has 9 aromatic rings. The lowest BCUT2D eigenvalue weighted by atomic mass is 9.99. The molecule has 0 aliphatic carbocycles. The van der Waals surface area contributed by atoms with Gasteiger partial charge in [0.15, 0.2) is 0 Å². The smallest absolute Gasteiger partial charge is 0.0555 e. The van der Waals surface area contributed by atoms with E-state index in [9.17, 15) is 0 Å². The van der Waals surface area contributed by atoms with E-state index in [0.717, 1.165) is 22.7 Å². The van der Waals surface area contributed by atoms with Crippen molar-refractivity contribution in [2.75, 3.05) is 9.80 Å². The molecule has 1 aliphatic heterocycles. The SMILES string of the molecule is c1ccc(N2c3cccc(c3)N(c3ccc(-c4cccc5sc6ccccc6c45)cc3)c3cccc4sc5cccc2c5c34)cc1. The summed E-state index contributed by atoms with van der Waals surface area (Å²) in [7, 11) is 0. The molecule has 0 amide bonds. The summed E-state index contributed by atoms with van der Waals surface area (Å²) in [5.74, 6) is 0. The molecule has 2 aromatic heterocycles. The third-order valence-corrected chi connectivity index (χ3v) is 11.4. The standard InChI is InChI=1S/C42H26N2S2/c1-2-10-28(11-3-1)43-30-12-6-13-31(26-30)44(35-17-9-21-39-42(35)41-34(43)16-8-20-38(41)46-39)29-24-22-27(23-25-29)32-15-7-19-37-40(32)33-14-4-5-18-36(33)45-37/h1-26H. The van der Waals surface area contributed by atoms with Crippen LogP contribution in [0.2, 0.25) is 0 Å². The number of fused-ring (bicyclic) bond motifs is 5. The molecule has 0 N–H and O–H groups in total. The summed E-state index contributed by atoms with van der Waals surface area (Å²) in [6.45, 7) is 0. The van der Waals surface area contributed by atoms with Gasteiger partial charge in [-0.2, -0.15) is 0 Å². The van der Waals surface area contributed by atoms with E-state index < -0.39 is 0 Å². The number of nitrogens with zero attached hydrogens (tertiary/aromatic N) is 2. The van der Waals surface area contributed by atoms with Crippen molar-refractivity contribution in [3.05, 3.63) is 158 Å². The van der Waals surface area contributed by atoms with Crippen LogP contribution in [-0.4, -0.2) is 0 Å². The van der Waals surface area contributed by atoms with Crippen LogP contribution in [0.15, 0.2) is 158 Å². The topological polar surface area (TPSA) is 6.48 Å². The Labute approximate surface area is 274 Å². The highest BCUT2D eigenvalue weighted by Crippen LogP contribution is 2.52. The van der Waals surface area contributed by atoms with Crippen LogP contribution in [0.3, 0.4) is 0 Å². The molecule has 1 aliphatic rings. The summed E-state index contributed by atoms with van der Waals surface area (Å²) in [4.78, 5) is 4.85. The predicted molar refractivity (Wildman–Crippen MR) is 201 cm³/mol. The average molecular weight is 623 g/mol. The van der Waals surface area contributed by atoms with Crippen LogP contribution in [0.1, 0.15) is 0 Å². The average Bonchev–Trinajstić information content (AvgIpc) is 3.69. The van der Waals surface area contributed by atoms with Crippen LogP contribution in [0, 0.1) is 0 Å². The zero-order valence-electron chi connectivity index (χ0n) is 24.7. The largest absolute Gasteiger partial charge is 0.310 e. The van der Waals surface area contributed by atoms with Gasteiger partial charge in [0.2, 0.25) is 0 Å². The Morgan fingerprint density at radius 2 is 0.848 bits per heavy atom. The Bertz CT molecular complexity index is 2600. The second kappa shape index (κ2) is 10.0. The highest BCUT2D eigenvalue weighted by molar-refractivity contribution is 7.26. The molecule has 0 atom stereocenters. The van der Waals surface area contributed by atoms with E-state index in [1.54, 1.807) is 0 Å². The van der Waals surface area contributed by atoms with Crippen molar-refractivity contribution in [3.63, 3.8) is 0 Å². The maximum atomic E-state index is 2.44. The Kier molecular flexibility index (Phi) is 5.65. The normalized spacial score (nSPS) is 12.7. The molecular weight excluding hydrogens is 597 g/mol. The minimum atomic E-state index is 1.14. The van der Waals surface area contributed by atoms with E-state index in [1.165, 1.54) is 62.8 Å². The number of para-hydroxylation sites is 1. The number of thiophene rings is 2. The van der Waals surface area contributed by atoms with Crippen LogP contribution in [0.5, 0.6) is 0 Å². The Morgan fingerprint density at radius 3 is 1.54 bits per heavy atom. The van der Waals surface area contributed by atoms with Crippen LogP contribution < -0.4 is 9.80 Å². The minimum absolute atomic E-state index is 1.14. The molecular formula is C42H26N2S2. The van der Waals surface area contributed by atoms with Gasteiger partial charge in [0, 0.05) is 63.1 Å². The first-order chi connectivity index (χ1) is 22.8. The Balaban J connectivity index is 1.21. The van der Waals surface area contributed by atoms with Crippen molar-refractivity contribution in [3.8, 4) is 11.1 Å². The number of anilines is 6. The third kappa shape index (κ3) is 3.81. The van der Waals surface area contributed by atoms with Gasteiger partial charge in [-0.3, -0.25) is 0 Å². The molecule has 0 spiro atoms. The van der Waals surface area contributed by atoms with Crippen molar-refractivity contribution in [2.45, 2.75) is 0 Å². The van der Waals surface area contributed by atoms with E-state index in [0.29, 0.717) is 0 Å². The summed E-state index contributed by atoms with van der Waals surface area (Å²) in [5.41, 5.74) is 9.47. The summed E-state index contributed by atoms with van der Waals surface area (Å²) < 4.78 is 5.25. The van der Waals surface area contributed by atoms with Gasteiger partial charge >= 0.3 is 0 Å². The molecule has 10 rings (SSSR count). The van der Waals surface area contributed by atoms with Gasteiger partial charge in [0.1, 0.15) is 0 Å². The fourth-order valence-corrected chi connectivity index (χ4v) is 9.49. The van der Waals surface area contributed by atoms with E-state index in [1.807, 2.05) is 22.7 Å². The quantitative estimate of drug-likeness (QED) is 0.193. The summed E-state index contributed by atoms with van der Waals surface area (Å²) in [6, 6.07) is 57.8. The van der Waals surface area contributed by atoms with Gasteiger partial charge in [-0.1, -0.05) is 78.9 Å². The van der Waals surface area contributed by atoms with Crippen molar-refractivity contribution >= 4 is 97.1 Å². The second-order valence-corrected chi connectivity index (χ2v) is 13.9. The van der Waals surface area contributed by atoms with Crippen LogP contribution in [-0.2, 0) is 0 Å². The molecule has 2 bridgehead atoms. The number of rotatable bonds is 3. The fourth-order valence-electron chi connectivity index (χ4n) is 7.21. The first-order valence-corrected chi connectivity index (χ1v) is 17.2. The van der Waals surface area contributed by atoms with Gasteiger partial charge in [-0.25, -0.2) is 0 Å². The summed E-state index contributed by atoms with van der Waals surface area (Å²) in [6.07, 6.45) is 0.